The average molecular weight is 347 g/mol. The lowest BCUT2D eigenvalue weighted by Crippen LogP contribution is -2.44. The van der Waals surface area contributed by atoms with Crippen LogP contribution in [0, 0.1) is 6.92 Å². The summed E-state index contributed by atoms with van der Waals surface area (Å²) < 4.78 is 5.64. The van der Waals surface area contributed by atoms with Gasteiger partial charge in [0.1, 0.15) is 29.1 Å². The summed E-state index contributed by atoms with van der Waals surface area (Å²) in [4.78, 5) is 28.0. The number of hydrogen-bond donors (Lipinski definition) is 2. The van der Waals surface area contributed by atoms with Gasteiger partial charge in [0, 0.05) is 11.9 Å². The van der Waals surface area contributed by atoms with Crippen molar-refractivity contribution in [3.05, 3.63) is 45.9 Å². The number of hydrogen-bond acceptors (Lipinski definition) is 5. The predicted molar refractivity (Wildman–Crippen MR) is 93.2 cm³/mol. The van der Waals surface area contributed by atoms with E-state index in [1.54, 1.807) is 12.3 Å². The van der Waals surface area contributed by atoms with Crippen LogP contribution < -0.4 is 15.4 Å². The van der Waals surface area contributed by atoms with Crippen LogP contribution >= 0.6 is 11.3 Å². The molecule has 0 aliphatic heterocycles. The molecule has 7 heteroatoms. The van der Waals surface area contributed by atoms with Crippen molar-refractivity contribution in [2.24, 2.45) is 0 Å². The van der Waals surface area contributed by atoms with Crippen LogP contribution in [-0.2, 0) is 11.4 Å². The number of benzene rings is 1. The molecule has 2 N–H and O–H groups in total. The highest BCUT2D eigenvalue weighted by Gasteiger charge is 2.18. The van der Waals surface area contributed by atoms with Crippen molar-refractivity contribution in [3.8, 4) is 5.75 Å². The Morgan fingerprint density at radius 1 is 1.29 bits per heavy atom. The third kappa shape index (κ3) is 5.06. The molecule has 24 heavy (non-hydrogen) atoms. The highest BCUT2D eigenvalue weighted by molar-refractivity contribution is 7.09. The van der Waals surface area contributed by atoms with Gasteiger partial charge in [-0.05, 0) is 32.9 Å². The number of thiazole rings is 1. The fraction of sp³-hybridized carbons (Fsp3) is 0.353. The Balaban J connectivity index is 1.88. The van der Waals surface area contributed by atoms with Gasteiger partial charge in [-0.15, -0.1) is 11.3 Å². The summed E-state index contributed by atoms with van der Waals surface area (Å²) in [5.74, 6) is 0.169. The van der Waals surface area contributed by atoms with E-state index in [2.05, 4.69) is 15.6 Å². The SMILES string of the molecule is CCNC(=O)[C@H](C)NC(=O)c1csc(COc2ccc(C)cc2)n1. The lowest BCUT2D eigenvalue weighted by molar-refractivity contribution is -0.122. The Bertz CT molecular complexity index is 697. The van der Waals surface area contributed by atoms with Crippen LogP contribution in [0.5, 0.6) is 5.75 Å². The number of carbonyl (C=O) groups is 2. The van der Waals surface area contributed by atoms with Gasteiger partial charge in [-0.2, -0.15) is 0 Å². The molecule has 0 aliphatic carbocycles. The van der Waals surface area contributed by atoms with Gasteiger partial charge in [0.15, 0.2) is 0 Å². The van der Waals surface area contributed by atoms with E-state index < -0.39 is 6.04 Å². The minimum Gasteiger partial charge on any atom is -0.486 e. The van der Waals surface area contributed by atoms with Crippen LogP contribution in [0.25, 0.3) is 0 Å². The first kappa shape index (κ1) is 17.9. The Labute approximate surface area is 145 Å². The van der Waals surface area contributed by atoms with Crippen molar-refractivity contribution in [1.29, 1.82) is 0 Å². The second-order valence-corrected chi connectivity index (χ2v) is 6.26. The maximum Gasteiger partial charge on any atom is 0.271 e. The molecular weight excluding hydrogens is 326 g/mol. The first-order chi connectivity index (χ1) is 11.5. The van der Waals surface area contributed by atoms with E-state index in [1.165, 1.54) is 11.3 Å². The van der Waals surface area contributed by atoms with E-state index in [0.717, 1.165) is 11.3 Å². The molecule has 0 spiro atoms. The third-order valence-corrected chi connectivity index (χ3v) is 4.08. The van der Waals surface area contributed by atoms with Gasteiger partial charge in [0.25, 0.3) is 5.91 Å². The van der Waals surface area contributed by atoms with Crippen LogP contribution in [0.2, 0.25) is 0 Å². The number of carbonyl (C=O) groups excluding carboxylic acids is 2. The molecule has 6 nitrogen and oxygen atoms in total. The zero-order valence-electron chi connectivity index (χ0n) is 14.0. The molecule has 0 saturated carbocycles. The fourth-order valence-corrected chi connectivity index (χ4v) is 2.61. The summed E-state index contributed by atoms with van der Waals surface area (Å²) in [6.07, 6.45) is 0. The monoisotopic (exact) mass is 347 g/mol. The quantitative estimate of drug-likeness (QED) is 0.805. The number of aromatic nitrogens is 1. The lowest BCUT2D eigenvalue weighted by atomic mass is 10.2. The standard InChI is InChI=1S/C17H21N3O3S/c1-4-18-16(21)12(3)19-17(22)14-10-24-15(20-14)9-23-13-7-5-11(2)6-8-13/h5-8,10,12H,4,9H2,1-3H3,(H,18,21)(H,19,22)/t12-/m0/s1. The summed E-state index contributed by atoms with van der Waals surface area (Å²) >= 11 is 1.35. The Morgan fingerprint density at radius 3 is 2.67 bits per heavy atom. The van der Waals surface area contributed by atoms with Crippen molar-refractivity contribution in [3.63, 3.8) is 0 Å². The molecule has 0 aliphatic rings. The second kappa shape index (κ2) is 8.44. The molecule has 0 bridgehead atoms. The van der Waals surface area contributed by atoms with Crippen LogP contribution in [0.15, 0.2) is 29.6 Å². The first-order valence-corrected chi connectivity index (χ1v) is 8.60. The van der Waals surface area contributed by atoms with Crippen LogP contribution in [0.1, 0.15) is 34.9 Å². The Hall–Kier alpha value is -2.41. The summed E-state index contributed by atoms with van der Waals surface area (Å²) in [6, 6.07) is 7.12. The summed E-state index contributed by atoms with van der Waals surface area (Å²) in [6.45, 7) is 6.30. The zero-order valence-corrected chi connectivity index (χ0v) is 14.8. The summed E-state index contributed by atoms with van der Waals surface area (Å²) in [5, 5.41) is 7.65. The number of nitrogens with zero attached hydrogens (tertiary/aromatic N) is 1. The number of likely N-dealkylation sites (N-methyl/N-ethyl adjacent to an activating group) is 1. The van der Waals surface area contributed by atoms with Gasteiger partial charge in [-0.1, -0.05) is 17.7 Å². The normalized spacial score (nSPS) is 11.6. The van der Waals surface area contributed by atoms with E-state index >= 15 is 0 Å². The van der Waals surface area contributed by atoms with Gasteiger partial charge >= 0.3 is 0 Å². The third-order valence-electron chi connectivity index (χ3n) is 3.26. The van der Waals surface area contributed by atoms with Gasteiger partial charge in [0.2, 0.25) is 5.91 Å². The van der Waals surface area contributed by atoms with Crippen molar-refractivity contribution in [2.75, 3.05) is 6.54 Å². The molecule has 0 radical (unpaired) electrons. The van der Waals surface area contributed by atoms with E-state index in [9.17, 15) is 9.59 Å². The number of amides is 2. The smallest absolute Gasteiger partial charge is 0.271 e. The van der Waals surface area contributed by atoms with Crippen LogP contribution in [-0.4, -0.2) is 29.4 Å². The largest absolute Gasteiger partial charge is 0.486 e. The van der Waals surface area contributed by atoms with Gasteiger partial charge in [-0.3, -0.25) is 9.59 Å². The lowest BCUT2D eigenvalue weighted by Gasteiger charge is -2.12. The topological polar surface area (TPSA) is 80.3 Å². The molecular formula is C17H21N3O3S. The molecule has 128 valence electrons. The van der Waals surface area contributed by atoms with E-state index in [1.807, 2.05) is 38.1 Å². The molecule has 1 heterocycles. The predicted octanol–water partition coefficient (Wildman–Crippen LogP) is 2.28. The van der Waals surface area contributed by atoms with E-state index in [-0.39, 0.29) is 11.8 Å². The number of nitrogens with one attached hydrogen (secondary N) is 2. The summed E-state index contributed by atoms with van der Waals surface area (Å²) in [5.41, 5.74) is 1.45. The van der Waals surface area contributed by atoms with Crippen molar-refractivity contribution in [2.45, 2.75) is 33.4 Å². The molecule has 0 fully saturated rings. The zero-order chi connectivity index (χ0) is 17.5. The van der Waals surface area contributed by atoms with Crippen molar-refractivity contribution in [1.82, 2.24) is 15.6 Å². The second-order valence-electron chi connectivity index (χ2n) is 5.32. The van der Waals surface area contributed by atoms with Crippen LogP contribution in [0.4, 0.5) is 0 Å². The van der Waals surface area contributed by atoms with Crippen molar-refractivity contribution >= 4 is 23.2 Å². The van der Waals surface area contributed by atoms with Crippen LogP contribution in [0.3, 0.4) is 0 Å². The molecule has 2 rings (SSSR count). The summed E-state index contributed by atoms with van der Waals surface area (Å²) in [7, 11) is 0. The maximum atomic E-state index is 12.1. The van der Waals surface area contributed by atoms with Gasteiger partial charge in [-0.25, -0.2) is 4.98 Å². The molecule has 1 atom stereocenters. The number of aryl methyl sites for hydroxylation is 1. The molecule has 1 aromatic heterocycles. The molecule has 1 aromatic carbocycles. The van der Waals surface area contributed by atoms with E-state index in [4.69, 9.17) is 4.74 Å². The maximum absolute atomic E-state index is 12.1. The van der Waals surface area contributed by atoms with E-state index in [0.29, 0.717) is 23.9 Å². The average Bonchev–Trinajstić information content (AvgIpc) is 3.03. The Kier molecular flexibility index (Phi) is 6.31. The van der Waals surface area contributed by atoms with Crippen molar-refractivity contribution < 1.29 is 14.3 Å². The number of rotatable bonds is 7. The highest BCUT2D eigenvalue weighted by Crippen LogP contribution is 2.16. The fourth-order valence-electron chi connectivity index (χ4n) is 1.92. The van der Waals surface area contributed by atoms with Gasteiger partial charge in [0.05, 0.1) is 0 Å². The number of ether oxygens (including phenoxy) is 1. The minimum atomic E-state index is -0.605. The highest BCUT2D eigenvalue weighted by atomic mass is 32.1. The molecule has 0 unspecified atom stereocenters. The Morgan fingerprint density at radius 2 is 2.00 bits per heavy atom. The molecule has 2 aromatic rings. The molecule has 2 amide bonds. The molecule has 0 saturated heterocycles. The minimum absolute atomic E-state index is 0.219. The van der Waals surface area contributed by atoms with Gasteiger partial charge < -0.3 is 15.4 Å². The first-order valence-electron chi connectivity index (χ1n) is 7.72.